The van der Waals surface area contributed by atoms with E-state index in [0.717, 1.165) is 17.4 Å². The molecule has 0 aliphatic carbocycles. The summed E-state index contributed by atoms with van der Waals surface area (Å²) in [6.45, 7) is 8.66. The van der Waals surface area contributed by atoms with Gasteiger partial charge in [-0.15, -0.1) is 0 Å². The number of hydrazone groups is 1. The van der Waals surface area contributed by atoms with Crippen LogP contribution in [0.2, 0.25) is 0 Å². The second-order valence-electron chi connectivity index (χ2n) is 7.12. The summed E-state index contributed by atoms with van der Waals surface area (Å²) in [6, 6.07) is 6.62. The van der Waals surface area contributed by atoms with E-state index in [4.69, 9.17) is 11.5 Å². The smallest absolute Gasteiger partial charge is 0.234 e. The van der Waals surface area contributed by atoms with Crippen molar-refractivity contribution in [1.29, 1.82) is 0 Å². The minimum atomic E-state index is -0.854. The van der Waals surface area contributed by atoms with Gasteiger partial charge in [-0.25, -0.2) is 4.99 Å². The lowest BCUT2D eigenvalue weighted by Crippen LogP contribution is -2.48. The average Bonchev–Trinajstić information content (AvgIpc) is 3.10. The molecule has 9 heteroatoms. The van der Waals surface area contributed by atoms with E-state index in [0.29, 0.717) is 30.3 Å². The first kappa shape index (κ1) is 23.1. The van der Waals surface area contributed by atoms with E-state index in [9.17, 15) is 9.59 Å². The highest BCUT2D eigenvalue weighted by Crippen LogP contribution is 2.16. The van der Waals surface area contributed by atoms with Crippen LogP contribution in [0, 0.1) is 0 Å². The molecule has 160 valence electrons. The molecule has 30 heavy (non-hydrogen) atoms. The lowest BCUT2D eigenvalue weighted by atomic mass is 9.99. The molecule has 1 aromatic rings. The number of allylic oxidation sites excluding steroid dienone is 1. The third kappa shape index (κ3) is 5.25. The first-order chi connectivity index (χ1) is 14.3. The Morgan fingerprint density at radius 2 is 2.13 bits per heavy atom. The third-order valence-electron chi connectivity index (χ3n) is 4.91. The zero-order valence-electron chi connectivity index (χ0n) is 17.6. The number of aliphatic imine (C=N–C) groups is 2. The van der Waals surface area contributed by atoms with E-state index < -0.39 is 17.6 Å². The number of amides is 1. The Morgan fingerprint density at radius 1 is 1.43 bits per heavy atom. The Balaban J connectivity index is 2.39. The topological polar surface area (TPSA) is 139 Å². The van der Waals surface area contributed by atoms with Crippen LogP contribution in [0.4, 0.5) is 0 Å². The highest BCUT2D eigenvalue weighted by molar-refractivity contribution is 6.47. The van der Waals surface area contributed by atoms with E-state index in [2.05, 4.69) is 27.0 Å². The number of nitrogens with two attached hydrogens (primary N) is 2. The van der Waals surface area contributed by atoms with Gasteiger partial charge in [-0.2, -0.15) is 5.10 Å². The molecule has 0 bridgehead atoms. The lowest BCUT2D eigenvalue weighted by Gasteiger charge is -2.27. The summed E-state index contributed by atoms with van der Waals surface area (Å²) in [5.41, 5.74) is 13.0. The number of nitrogens with one attached hydrogen (secondary N) is 1. The highest BCUT2D eigenvalue weighted by atomic mass is 16.1. The monoisotopic (exact) mass is 411 g/mol. The van der Waals surface area contributed by atoms with Crippen LogP contribution in [0.1, 0.15) is 25.0 Å². The van der Waals surface area contributed by atoms with Crippen molar-refractivity contribution in [3.8, 4) is 0 Å². The molecule has 2 rings (SSSR count). The number of amidine groups is 1. The van der Waals surface area contributed by atoms with Gasteiger partial charge in [0, 0.05) is 19.2 Å². The number of nitrogens with zero attached hydrogens (tertiary/aromatic N) is 4. The van der Waals surface area contributed by atoms with Gasteiger partial charge >= 0.3 is 0 Å². The second kappa shape index (κ2) is 10.0. The molecule has 0 spiro atoms. The first-order valence-corrected chi connectivity index (χ1v) is 9.61. The molecule has 2 atom stereocenters. The summed E-state index contributed by atoms with van der Waals surface area (Å²) in [5.74, 6) is -0.125. The SMILES string of the molecule is C=CC(=NC(=NC)c1ccccc1CC(N)C(N)=O)/C(C)=N/N1CCNC1(C)C=O. The Kier molecular flexibility index (Phi) is 7.73. The van der Waals surface area contributed by atoms with Crippen LogP contribution in [0.5, 0.6) is 0 Å². The number of rotatable bonds is 8. The van der Waals surface area contributed by atoms with Crippen molar-refractivity contribution in [2.45, 2.75) is 32.0 Å². The number of carbonyl (C=O) groups is 2. The quantitative estimate of drug-likeness (QED) is 0.319. The molecular formula is C21H29N7O2. The molecule has 5 N–H and O–H groups in total. The van der Waals surface area contributed by atoms with Crippen molar-refractivity contribution in [1.82, 2.24) is 10.3 Å². The minimum Gasteiger partial charge on any atom is -0.368 e. The third-order valence-corrected chi connectivity index (χ3v) is 4.91. The van der Waals surface area contributed by atoms with Crippen molar-refractivity contribution in [2.75, 3.05) is 20.1 Å². The molecule has 1 aliphatic rings. The summed E-state index contributed by atoms with van der Waals surface area (Å²) in [5, 5.41) is 9.37. The van der Waals surface area contributed by atoms with E-state index in [1.165, 1.54) is 0 Å². The number of aldehydes is 1. The summed E-state index contributed by atoms with van der Waals surface area (Å²) in [7, 11) is 1.63. The molecular weight excluding hydrogens is 382 g/mol. The summed E-state index contributed by atoms with van der Waals surface area (Å²) < 4.78 is 0. The van der Waals surface area contributed by atoms with Gasteiger partial charge in [-0.3, -0.25) is 24.9 Å². The normalized spacial score (nSPS) is 21.5. The molecule has 2 unspecified atom stereocenters. The lowest BCUT2D eigenvalue weighted by molar-refractivity contribution is -0.119. The van der Waals surface area contributed by atoms with Gasteiger partial charge in [-0.05, 0) is 31.9 Å². The van der Waals surface area contributed by atoms with Gasteiger partial charge in [-0.1, -0.05) is 30.8 Å². The molecule has 1 aromatic carbocycles. The largest absolute Gasteiger partial charge is 0.368 e. The molecule has 1 saturated heterocycles. The molecule has 0 radical (unpaired) electrons. The van der Waals surface area contributed by atoms with Gasteiger partial charge in [0.25, 0.3) is 0 Å². The number of carbonyl (C=O) groups excluding carboxylic acids is 2. The molecule has 0 aromatic heterocycles. The highest BCUT2D eigenvalue weighted by Gasteiger charge is 2.35. The fourth-order valence-corrected chi connectivity index (χ4v) is 3.10. The summed E-state index contributed by atoms with van der Waals surface area (Å²) >= 11 is 0. The van der Waals surface area contributed by atoms with Crippen LogP contribution < -0.4 is 16.8 Å². The van der Waals surface area contributed by atoms with Gasteiger partial charge < -0.3 is 11.5 Å². The fourth-order valence-electron chi connectivity index (χ4n) is 3.10. The zero-order chi connectivity index (χ0) is 22.3. The van der Waals surface area contributed by atoms with E-state index in [-0.39, 0.29) is 6.42 Å². The maximum atomic E-state index is 11.5. The average molecular weight is 412 g/mol. The molecule has 1 fully saturated rings. The van der Waals surface area contributed by atoms with Crippen LogP contribution in [0.25, 0.3) is 0 Å². The van der Waals surface area contributed by atoms with Gasteiger partial charge in [0.05, 0.1) is 24.0 Å². The first-order valence-electron chi connectivity index (χ1n) is 9.61. The van der Waals surface area contributed by atoms with Crippen molar-refractivity contribution in [3.63, 3.8) is 0 Å². The fraction of sp³-hybridized carbons (Fsp3) is 0.381. The molecule has 1 amide bonds. The van der Waals surface area contributed by atoms with Crippen molar-refractivity contribution in [2.24, 2.45) is 26.6 Å². The Morgan fingerprint density at radius 3 is 2.73 bits per heavy atom. The van der Waals surface area contributed by atoms with Gasteiger partial charge in [0.2, 0.25) is 5.91 Å². The molecule has 1 aliphatic heterocycles. The Bertz CT molecular complexity index is 906. The maximum absolute atomic E-state index is 11.5. The predicted molar refractivity (Wildman–Crippen MR) is 120 cm³/mol. The minimum absolute atomic E-state index is 0.272. The Labute approximate surface area is 176 Å². The van der Waals surface area contributed by atoms with Crippen LogP contribution >= 0.6 is 0 Å². The van der Waals surface area contributed by atoms with Crippen LogP contribution in [0.15, 0.2) is 52.0 Å². The summed E-state index contributed by atoms with van der Waals surface area (Å²) in [4.78, 5) is 31.8. The van der Waals surface area contributed by atoms with Crippen molar-refractivity contribution < 1.29 is 9.59 Å². The second-order valence-corrected chi connectivity index (χ2v) is 7.12. The Hall–Kier alpha value is -3.17. The van der Waals surface area contributed by atoms with Crippen LogP contribution in [-0.4, -0.2) is 66.3 Å². The summed E-state index contributed by atoms with van der Waals surface area (Å²) in [6.07, 6.45) is 2.69. The molecule has 1 heterocycles. The van der Waals surface area contributed by atoms with Crippen molar-refractivity contribution >= 4 is 29.5 Å². The number of hydrogen-bond donors (Lipinski definition) is 3. The standard InChI is InChI=1S/C21H29N7O2/c1-5-18(14(2)27-28-11-10-25-21(28,3)13-29)26-20(24-4)16-9-7-6-8-15(16)12-17(22)19(23)30/h5-9,13,17,25H,1,10-12,22H2,2-4H3,(H2,23,30)/b24-20?,26-18?,27-14+. The van der Waals surface area contributed by atoms with Crippen molar-refractivity contribution in [3.05, 3.63) is 48.0 Å². The zero-order valence-corrected chi connectivity index (χ0v) is 17.6. The van der Waals surface area contributed by atoms with E-state index >= 15 is 0 Å². The van der Waals surface area contributed by atoms with Crippen LogP contribution in [-0.2, 0) is 16.0 Å². The number of primary amides is 1. The van der Waals surface area contributed by atoms with E-state index in [1.807, 2.05) is 24.3 Å². The number of hydrogen-bond acceptors (Lipinski definition) is 7. The predicted octanol–water partition coefficient (Wildman–Crippen LogP) is 0.241. The maximum Gasteiger partial charge on any atom is 0.234 e. The molecule has 9 nitrogen and oxygen atoms in total. The van der Waals surface area contributed by atoms with Gasteiger partial charge in [0.15, 0.2) is 17.8 Å². The molecule has 0 saturated carbocycles. The van der Waals surface area contributed by atoms with E-state index in [1.54, 1.807) is 32.0 Å². The number of benzene rings is 1. The van der Waals surface area contributed by atoms with Gasteiger partial charge in [0.1, 0.15) is 0 Å². The van der Waals surface area contributed by atoms with Crippen LogP contribution in [0.3, 0.4) is 0 Å².